The molecule has 0 aliphatic carbocycles. The molecule has 1 fully saturated rings. The summed E-state index contributed by atoms with van der Waals surface area (Å²) in [5.74, 6) is -1.35. The monoisotopic (exact) mass is 294 g/mol. The molecule has 1 aliphatic rings. The van der Waals surface area contributed by atoms with Crippen molar-refractivity contribution in [3.63, 3.8) is 0 Å². The van der Waals surface area contributed by atoms with Gasteiger partial charge in [0, 0.05) is 25.1 Å². The zero-order valence-corrected chi connectivity index (χ0v) is 11.6. The summed E-state index contributed by atoms with van der Waals surface area (Å²) in [6, 6.07) is 4.50. The van der Waals surface area contributed by atoms with Gasteiger partial charge < -0.3 is 15.7 Å². The number of nitrogen functional groups attached to an aromatic ring is 1. The topological polar surface area (TPSA) is 101 Å². The molecule has 0 radical (unpaired) electrons. The molecule has 1 aliphatic heterocycles. The van der Waals surface area contributed by atoms with Crippen molar-refractivity contribution in [2.24, 2.45) is 0 Å². The molecule has 1 amide bonds. The second kappa shape index (κ2) is 5.54. The first-order valence-corrected chi connectivity index (χ1v) is 6.87. The van der Waals surface area contributed by atoms with Crippen LogP contribution in [0.2, 0.25) is 0 Å². The van der Waals surface area contributed by atoms with Crippen molar-refractivity contribution in [1.82, 2.24) is 0 Å². The number of nitrogens with two attached hydrogens (primary N) is 1. The Balaban J connectivity index is 2.35. The first-order chi connectivity index (χ1) is 9.40. The number of carboxylic acid groups (broad SMARTS) is 1. The molecule has 1 atom stereocenters. The number of hydrogen-bond donors (Lipinski definition) is 2. The molecule has 7 heteroatoms. The van der Waals surface area contributed by atoms with Gasteiger partial charge in [0.05, 0.1) is 16.9 Å². The molecule has 1 unspecified atom stereocenters. The summed E-state index contributed by atoms with van der Waals surface area (Å²) in [6.45, 7) is 1.73. The van der Waals surface area contributed by atoms with Crippen LogP contribution in [0, 0.1) is 0 Å². The largest absolute Gasteiger partial charge is 0.478 e. The highest BCUT2D eigenvalue weighted by molar-refractivity contribution is 8.14. The van der Waals surface area contributed by atoms with Crippen LogP contribution in [0.1, 0.15) is 23.7 Å². The van der Waals surface area contributed by atoms with Crippen molar-refractivity contribution in [2.45, 2.75) is 18.6 Å². The minimum Gasteiger partial charge on any atom is -0.478 e. The molecule has 0 bridgehead atoms. The van der Waals surface area contributed by atoms with Crippen molar-refractivity contribution in [1.29, 1.82) is 0 Å². The van der Waals surface area contributed by atoms with Gasteiger partial charge in [0.2, 0.25) is 5.91 Å². The molecule has 20 heavy (non-hydrogen) atoms. The molecule has 1 aromatic rings. The minimum atomic E-state index is -1.14. The average molecular weight is 294 g/mol. The molecule has 106 valence electrons. The number of amides is 1. The Labute approximate surface area is 119 Å². The number of aromatic carboxylic acids is 1. The maximum absolute atomic E-state index is 12.0. The third-order valence-electron chi connectivity index (χ3n) is 2.99. The fraction of sp³-hybridized carbons (Fsp3) is 0.308. The van der Waals surface area contributed by atoms with Crippen LogP contribution in [0.15, 0.2) is 18.2 Å². The Kier molecular flexibility index (Phi) is 3.99. The molecular formula is C13H14N2O4S. The predicted octanol–water partition coefficient (Wildman–Crippen LogP) is 1.35. The summed E-state index contributed by atoms with van der Waals surface area (Å²) in [6.07, 6.45) is 0.206. The standard InChI is InChI=1S/C13H14N2O4S/c1-7(16)20-8-5-11(17)15(6-8)12-9(13(18)19)3-2-4-10(12)14/h2-4,8H,5-6,14H2,1H3,(H,18,19). The molecular weight excluding hydrogens is 280 g/mol. The maximum Gasteiger partial charge on any atom is 0.337 e. The smallest absolute Gasteiger partial charge is 0.337 e. The summed E-state index contributed by atoms with van der Waals surface area (Å²) in [4.78, 5) is 35.8. The number of carboxylic acids is 1. The van der Waals surface area contributed by atoms with E-state index < -0.39 is 5.97 Å². The number of para-hydroxylation sites is 1. The van der Waals surface area contributed by atoms with E-state index in [0.717, 1.165) is 11.8 Å². The predicted molar refractivity (Wildman–Crippen MR) is 76.8 cm³/mol. The maximum atomic E-state index is 12.0. The molecule has 1 aromatic carbocycles. The molecule has 2 rings (SSSR count). The second-order valence-corrected chi connectivity index (χ2v) is 5.97. The highest BCUT2D eigenvalue weighted by atomic mass is 32.2. The van der Waals surface area contributed by atoms with Crippen LogP contribution in [0.4, 0.5) is 11.4 Å². The van der Waals surface area contributed by atoms with Gasteiger partial charge >= 0.3 is 5.97 Å². The number of hydrogen-bond acceptors (Lipinski definition) is 5. The van der Waals surface area contributed by atoms with Crippen molar-refractivity contribution in [2.75, 3.05) is 17.2 Å². The number of rotatable bonds is 3. The van der Waals surface area contributed by atoms with E-state index in [4.69, 9.17) is 5.73 Å². The third-order valence-corrected chi connectivity index (χ3v) is 3.97. The van der Waals surface area contributed by atoms with Gasteiger partial charge in [0.1, 0.15) is 0 Å². The van der Waals surface area contributed by atoms with Crippen molar-refractivity contribution in [3.05, 3.63) is 23.8 Å². The Morgan fingerprint density at radius 2 is 2.15 bits per heavy atom. The van der Waals surface area contributed by atoms with Crippen molar-refractivity contribution < 1.29 is 19.5 Å². The fourth-order valence-corrected chi connectivity index (χ4v) is 3.16. The Morgan fingerprint density at radius 1 is 1.45 bits per heavy atom. The van der Waals surface area contributed by atoms with E-state index in [9.17, 15) is 19.5 Å². The zero-order chi connectivity index (χ0) is 14.9. The van der Waals surface area contributed by atoms with E-state index in [0.29, 0.717) is 0 Å². The number of carbonyl (C=O) groups excluding carboxylic acids is 2. The molecule has 0 spiro atoms. The summed E-state index contributed by atoms with van der Waals surface area (Å²) >= 11 is 1.09. The summed E-state index contributed by atoms with van der Waals surface area (Å²) in [7, 11) is 0. The Morgan fingerprint density at radius 3 is 2.75 bits per heavy atom. The third kappa shape index (κ3) is 2.77. The number of nitrogens with zero attached hydrogens (tertiary/aromatic N) is 1. The molecule has 3 N–H and O–H groups in total. The lowest BCUT2D eigenvalue weighted by Crippen LogP contribution is -2.28. The van der Waals surface area contributed by atoms with E-state index in [2.05, 4.69) is 0 Å². The van der Waals surface area contributed by atoms with E-state index in [1.807, 2.05) is 0 Å². The van der Waals surface area contributed by atoms with Crippen LogP contribution in [-0.4, -0.2) is 33.9 Å². The quantitative estimate of drug-likeness (QED) is 0.816. The normalized spacial score (nSPS) is 18.4. The zero-order valence-electron chi connectivity index (χ0n) is 10.8. The highest BCUT2D eigenvalue weighted by Gasteiger charge is 2.34. The first-order valence-electron chi connectivity index (χ1n) is 5.99. The lowest BCUT2D eigenvalue weighted by Gasteiger charge is -2.20. The SMILES string of the molecule is CC(=O)SC1CC(=O)N(c2c(N)cccc2C(=O)O)C1. The van der Waals surface area contributed by atoms with Gasteiger partial charge in [-0.3, -0.25) is 9.59 Å². The van der Waals surface area contributed by atoms with E-state index in [1.165, 1.54) is 24.0 Å². The summed E-state index contributed by atoms with van der Waals surface area (Å²) in [5, 5.41) is 8.96. The van der Waals surface area contributed by atoms with Crippen LogP contribution in [-0.2, 0) is 9.59 Å². The van der Waals surface area contributed by atoms with Crippen molar-refractivity contribution in [3.8, 4) is 0 Å². The van der Waals surface area contributed by atoms with Gasteiger partial charge in [-0.2, -0.15) is 0 Å². The summed E-state index contributed by atoms with van der Waals surface area (Å²) < 4.78 is 0. The second-order valence-electron chi connectivity index (χ2n) is 4.49. The van der Waals surface area contributed by atoms with Gasteiger partial charge in [-0.1, -0.05) is 17.8 Å². The van der Waals surface area contributed by atoms with Crippen LogP contribution in [0.3, 0.4) is 0 Å². The van der Waals surface area contributed by atoms with Crippen molar-refractivity contribution >= 4 is 40.1 Å². The molecule has 0 aromatic heterocycles. The van der Waals surface area contributed by atoms with Gasteiger partial charge in [-0.05, 0) is 12.1 Å². The number of anilines is 2. The van der Waals surface area contributed by atoms with Gasteiger partial charge in [0.15, 0.2) is 5.12 Å². The van der Waals surface area contributed by atoms with Gasteiger partial charge in [-0.25, -0.2) is 4.79 Å². The van der Waals surface area contributed by atoms with Crippen LogP contribution < -0.4 is 10.6 Å². The fourth-order valence-electron chi connectivity index (χ4n) is 2.24. The van der Waals surface area contributed by atoms with Gasteiger partial charge in [0.25, 0.3) is 0 Å². The Bertz CT molecular complexity index is 588. The first kappa shape index (κ1) is 14.4. The van der Waals surface area contributed by atoms with E-state index in [1.54, 1.807) is 6.07 Å². The van der Waals surface area contributed by atoms with Crippen LogP contribution in [0.25, 0.3) is 0 Å². The Hall–Kier alpha value is -2.02. The number of benzene rings is 1. The number of thioether (sulfide) groups is 1. The van der Waals surface area contributed by atoms with Crippen LogP contribution >= 0.6 is 11.8 Å². The molecule has 0 saturated carbocycles. The number of carbonyl (C=O) groups is 3. The lowest BCUT2D eigenvalue weighted by atomic mass is 10.1. The van der Waals surface area contributed by atoms with E-state index >= 15 is 0 Å². The van der Waals surface area contributed by atoms with Gasteiger partial charge in [-0.15, -0.1) is 0 Å². The summed E-state index contributed by atoms with van der Waals surface area (Å²) in [5.41, 5.74) is 6.27. The molecule has 1 heterocycles. The van der Waals surface area contributed by atoms with E-state index in [-0.39, 0.29) is 46.2 Å². The van der Waals surface area contributed by atoms with Crippen LogP contribution in [0.5, 0.6) is 0 Å². The average Bonchev–Trinajstić information content (AvgIpc) is 2.68. The highest BCUT2D eigenvalue weighted by Crippen LogP contribution is 2.34. The lowest BCUT2D eigenvalue weighted by molar-refractivity contribution is -0.117. The minimum absolute atomic E-state index is 0.00757. The molecule has 6 nitrogen and oxygen atoms in total. The molecule has 1 saturated heterocycles.